The van der Waals surface area contributed by atoms with E-state index in [1.54, 1.807) is 0 Å². The summed E-state index contributed by atoms with van der Waals surface area (Å²) >= 11 is 0. The van der Waals surface area contributed by atoms with Gasteiger partial charge in [0.2, 0.25) is 0 Å². The molecule has 0 aliphatic heterocycles. The largest absolute Gasteiger partial charge is 0.316 e. The van der Waals surface area contributed by atoms with Gasteiger partial charge in [0, 0.05) is 24.4 Å². The number of hydrogen-bond acceptors (Lipinski definition) is 2. The fourth-order valence-corrected chi connectivity index (χ4v) is 4.75. The second-order valence-electron chi connectivity index (χ2n) is 7.96. The smallest absolute Gasteiger partial charge is 0.0306 e. The molecule has 3 rings (SSSR count). The van der Waals surface area contributed by atoms with Crippen LogP contribution in [0.3, 0.4) is 0 Å². The lowest BCUT2D eigenvalue weighted by Gasteiger charge is -2.59. The van der Waals surface area contributed by atoms with Crippen LogP contribution in [0.1, 0.15) is 64.4 Å². The molecule has 0 radical (unpaired) electrons. The van der Waals surface area contributed by atoms with Gasteiger partial charge in [0.1, 0.15) is 0 Å². The van der Waals surface area contributed by atoms with Crippen LogP contribution in [0.25, 0.3) is 0 Å². The number of hydrogen-bond donors (Lipinski definition) is 1. The Kier molecular flexibility index (Phi) is 4.35. The third-order valence-corrected chi connectivity index (χ3v) is 5.63. The summed E-state index contributed by atoms with van der Waals surface area (Å²) in [6.45, 7) is 6.81. The third kappa shape index (κ3) is 3.15. The highest BCUT2D eigenvalue weighted by Gasteiger charge is 2.54. The van der Waals surface area contributed by atoms with Crippen molar-refractivity contribution < 1.29 is 0 Å². The number of nitrogens with zero attached hydrogens (tertiary/aromatic N) is 1. The van der Waals surface area contributed by atoms with E-state index in [-0.39, 0.29) is 0 Å². The van der Waals surface area contributed by atoms with Crippen LogP contribution in [0.5, 0.6) is 0 Å². The van der Waals surface area contributed by atoms with Crippen molar-refractivity contribution in [3.05, 3.63) is 30.1 Å². The Morgan fingerprint density at radius 1 is 1.19 bits per heavy atom. The molecule has 1 aromatic rings. The van der Waals surface area contributed by atoms with Crippen LogP contribution in [0.2, 0.25) is 0 Å². The minimum atomic E-state index is 0.348. The van der Waals surface area contributed by atoms with Gasteiger partial charge in [-0.2, -0.15) is 0 Å². The molecular formula is C19H30N2. The zero-order valence-corrected chi connectivity index (χ0v) is 13.7. The van der Waals surface area contributed by atoms with Crippen LogP contribution in [-0.2, 0) is 5.41 Å². The molecule has 2 aliphatic rings. The Morgan fingerprint density at radius 2 is 1.95 bits per heavy atom. The lowest BCUT2D eigenvalue weighted by Crippen LogP contribution is -2.55. The van der Waals surface area contributed by atoms with Gasteiger partial charge in [0.15, 0.2) is 0 Å². The highest BCUT2D eigenvalue weighted by atomic mass is 14.9. The van der Waals surface area contributed by atoms with Crippen molar-refractivity contribution in [2.24, 2.45) is 11.3 Å². The van der Waals surface area contributed by atoms with E-state index < -0.39 is 0 Å². The molecule has 0 amide bonds. The minimum absolute atomic E-state index is 0.348. The van der Waals surface area contributed by atoms with Crippen molar-refractivity contribution in [1.82, 2.24) is 10.3 Å². The maximum Gasteiger partial charge on any atom is 0.0306 e. The molecule has 0 aromatic carbocycles. The van der Waals surface area contributed by atoms with E-state index in [1.807, 2.05) is 6.20 Å². The molecule has 116 valence electrons. The number of nitrogens with one attached hydrogen (secondary N) is 1. The lowest BCUT2D eigenvalue weighted by atomic mass is 9.47. The first-order chi connectivity index (χ1) is 10.1. The first-order valence-electron chi connectivity index (χ1n) is 8.76. The van der Waals surface area contributed by atoms with Gasteiger partial charge in [-0.25, -0.2) is 0 Å². The Morgan fingerprint density at radius 3 is 2.57 bits per heavy atom. The quantitative estimate of drug-likeness (QED) is 0.872. The predicted octanol–water partition coefficient (Wildman–Crippen LogP) is 4.31. The first-order valence-corrected chi connectivity index (χ1v) is 8.76. The van der Waals surface area contributed by atoms with Gasteiger partial charge in [0.25, 0.3) is 0 Å². The van der Waals surface area contributed by atoms with Gasteiger partial charge >= 0.3 is 0 Å². The Labute approximate surface area is 129 Å². The molecule has 2 aliphatic carbocycles. The standard InChI is InChI=1S/C19H30N2/c1-16(2)11-21-15-19(17-7-6-10-20-12-17)13-18(14-19)8-4-3-5-9-18/h6-7,10,12,16,21H,3-5,8-9,11,13-15H2,1-2H3. The van der Waals surface area contributed by atoms with E-state index >= 15 is 0 Å². The summed E-state index contributed by atoms with van der Waals surface area (Å²) in [4.78, 5) is 4.38. The maximum absolute atomic E-state index is 4.38. The van der Waals surface area contributed by atoms with E-state index in [2.05, 4.69) is 42.5 Å². The molecule has 1 aromatic heterocycles. The van der Waals surface area contributed by atoms with Crippen LogP contribution < -0.4 is 5.32 Å². The van der Waals surface area contributed by atoms with E-state index in [0.717, 1.165) is 19.0 Å². The fourth-order valence-electron chi connectivity index (χ4n) is 4.75. The molecule has 2 nitrogen and oxygen atoms in total. The van der Waals surface area contributed by atoms with Crippen molar-refractivity contribution >= 4 is 0 Å². The van der Waals surface area contributed by atoms with Crippen molar-refractivity contribution in [1.29, 1.82) is 0 Å². The van der Waals surface area contributed by atoms with Crippen LogP contribution >= 0.6 is 0 Å². The second-order valence-corrected chi connectivity index (χ2v) is 7.96. The highest BCUT2D eigenvalue weighted by molar-refractivity contribution is 5.29. The fraction of sp³-hybridized carbons (Fsp3) is 0.737. The molecular weight excluding hydrogens is 256 g/mol. The molecule has 0 bridgehead atoms. The predicted molar refractivity (Wildman–Crippen MR) is 88.4 cm³/mol. The van der Waals surface area contributed by atoms with Gasteiger partial charge in [-0.3, -0.25) is 4.98 Å². The Balaban J connectivity index is 1.71. The summed E-state index contributed by atoms with van der Waals surface area (Å²) in [6, 6.07) is 4.39. The number of rotatable bonds is 5. The van der Waals surface area contributed by atoms with E-state index in [9.17, 15) is 0 Å². The van der Waals surface area contributed by atoms with Gasteiger partial charge in [-0.15, -0.1) is 0 Å². The molecule has 1 heterocycles. The normalized spacial score (nSPS) is 23.2. The SMILES string of the molecule is CC(C)CNCC1(c2cccnc2)CC2(CCCCC2)C1. The van der Waals surface area contributed by atoms with Gasteiger partial charge in [-0.05, 0) is 55.2 Å². The zero-order valence-electron chi connectivity index (χ0n) is 13.7. The molecule has 0 atom stereocenters. The molecule has 2 saturated carbocycles. The summed E-state index contributed by atoms with van der Waals surface area (Å²) in [5.74, 6) is 0.722. The van der Waals surface area contributed by atoms with Crippen molar-refractivity contribution in [2.45, 2.75) is 64.2 Å². The Hall–Kier alpha value is -0.890. The summed E-state index contributed by atoms with van der Waals surface area (Å²) in [5.41, 5.74) is 2.46. The summed E-state index contributed by atoms with van der Waals surface area (Å²) in [5, 5.41) is 3.72. The monoisotopic (exact) mass is 286 g/mol. The third-order valence-electron chi connectivity index (χ3n) is 5.63. The zero-order chi connectivity index (χ0) is 14.8. The number of aromatic nitrogens is 1. The van der Waals surface area contributed by atoms with Crippen LogP contribution in [-0.4, -0.2) is 18.1 Å². The second kappa shape index (κ2) is 6.08. The summed E-state index contributed by atoms with van der Waals surface area (Å²) < 4.78 is 0. The lowest BCUT2D eigenvalue weighted by molar-refractivity contribution is -0.0131. The first kappa shape index (κ1) is 15.0. The molecule has 1 N–H and O–H groups in total. The summed E-state index contributed by atoms with van der Waals surface area (Å²) in [6.07, 6.45) is 14.0. The van der Waals surface area contributed by atoms with Crippen molar-refractivity contribution in [2.75, 3.05) is 13.1 Å². The summed E-state index contributed by atoms with van der Waals surface area (Å²) in [7, 11) is 0. The molecule has 2 heteroatoms. The van der Waals surface area contributed by atoms with Gasteiger partial charge < -0.3 is 5.32 Å². The minimum Gasteiger partial charge on any atom is -0.316 e. The molecule has 0 unspecified atom stereocenters. The highest BCUT2D eigenvalue weighted by Crippen LogP contribution is 2.61. The molecule has 21 heavy (non-hydrogen) atoms. The van der Waals surface area contributed by atoms with Crippen molar-refractivity contribution in [3.8, 4) is 0 Å². The number of pyridine rings is 1. The molecule has 1 spiro atoms. The van der Waals surface area contributed by atoms with Gasteiger partial charge in [0.05, 0.1) is 0 Å². The topological polar surface area (TPSA) is 24.9 Å². The van der Waals surface area contributed by atoms with E-state index in [0.29, 0.717) is 10.8 Å². The average Bonchev–Trinajstić information content (AvgIpc) is 2.47. The average molecular weight is 286 g/mol. The Bertz CT molecular complexity index is 438. The van der Waals surface area contributed by atoms with Gasteiger partial charge in [-0.1, -0.05) is 39.2 Å². The van der Waals surface area contributed by atoms with E-state index in [4.69, 9.17) is 0 Å². The van der Waals surface area contributed by atoms with Crippen LogP contribution in [0.15, 0.2) is 24.5 Å². The maximum atomic E-state index is 4.38. The van der Waals surface area contributed by atoms with Crippen molar-refractivity contribution in [3.63, 3.8) is 0 Å². The van der Waals surface area contributed by atoms with Crippen LogP contribution in [0, 0.1) is 11.3 Å². The van der Waals surface area contributed by atoms with E-state index in [1.165, 1.54) is 50.5 Å². The van der Waals surface area contributed by atoms with Crippen LogP contribution in [0.4, 0.5) is 0 Å². The molecule has 0 saturated heterocycles. The molecule has 2 fully saturated rings.